The number of carbonyl (C=O) groups excluding carboxylic acids is 2. The largest absolute Gasteiger partial charge is 0.480 e. The van der Waals surface area contributed by atoms with Gasteiger partial charge in [0, 0.05) is 18.3 Å². The highest BCUT2D eigenvalue weighted by molar-refractivity contribution is 5.89. The van der Waals surface area contributed by atoms with E-state index in [4.69, 9.17) is 9.84 Å². The number of alkyl carbamates (subject to hydrolysis) is 1. The third-order valence-corrected chi connectivity index (χ3v) is 3.53. The summed E-state index contributed by atoms with van der Waals surface area (Å²) in [7, 11) is 0. The van der Waals surface area contributed by atoms with Crippen LogP contribution in [0.4, 0.5) is 4.79 Å². The summed E-state index contributed by atoms with van der Waals surface area (Å²) in [5, 5.41) is 13.7. The van der Waals surface area contributed by atoms with Crippen LogP contribution in [0.5, 0.6) is 0 Å². The van der Waals surface area contributed by atoms with Gasteiger partial charge in [0.05, 0.1) is 6.33 Å². The number of nitrogens with zero attached hydrogens (tertiary/aromatic N) is 1. The molecule has 1 heterocycles. The SMILES string of the molecule is C[C@H](NC(=O)[C@H](Cc1cnc[nH]1)NC(=O)OCc1ccccc1)C(=O)O. The standard InChI is InChI=1S/C17H20N4O5/c1-11(16(23)24)20-15(22)14(7-13-8-18-10-19-13)21-17(25)26-9-12-5-3-2-4-6-12/h2-6,8,10-11,14H,7,9H2,1H3,(H,18,19)(H,20,22)(H,21,25)(H,23,24)/t11-,14-/m0/s1. The predicted octanol–water partition coefficient (Wildman–Crippen LogP) is 0.836. The van der Waals surface area contributed by atoms with Gasteiger partial charge in [0.1, 0.15) is 18.7 Å². The van der Waals surface area contributed by atoms with Crippen molar-refractivity contribution in [3.63, 3.8) is 0 Å². The molecule has 9 heteroatoms. The molecular formula is C17H20N4O5. The Morgan fingerprint density at radius 3 is 2.58 bits per heavy atom. The van der Waals surface area contributed by atoms with Gasteiger partial charge in [0.15, 0.2) is 0 Å². The Hall–Kier alpha value is -3.36. The molecule has 4 N–H and O–H groups in total. The van der Waals surface area contributed by atoms with E-state index in [1.54, 1.807) is 12.1 Å². The number of aliphatic carboxylic acids is 1. The van der Waals surface area contributed by atoms with Crippen LogP contribution in [-0.4, -0.2) is 45.1 Å². The second-order valence-corrected chi connectivity index (χ2v) is 5.61. The Morgan fingerprint density at radius 2 is 1.96 bits per heavy atom. The Morgan fingerprint density at radius 1 is 1.23 bits per heavy atom. The van der Waals surface area contributed by atoms with Crippen molar-refractivity contribution in [2.45, 2.75) is 32.0 Å². The van der Waals surface area contributed by atoms with E-state index in [1.807, 2.05) is 18.2 Å². The van der Waals surface area contributed by atoms with Gasteiger partial charge in [0.2, 0.25) is 5.91 Å². The zero-order valence-electron chi connectivity index (χ0n) is 14.1. The summed E-state index contributed by atoms with van der Waals surface area (Å²) in [6, 6.07) is 6.98. The second kappa shape index (κ2) is 9.21. The third-order valence-electron chi connectivity index (χ3n) is 3.53. The summed E-state index contributed by atoms with van der Waals surface area (Å²) in [5.74, 6) is -1.81. The Labute approximate surface area is 149 Å². The molecule has 9 nitrogen and oxygen atoms in total. The molecule has 0 unspecified atom stereocenters. The highest BCUT2D eigenvalue weighted by atomic mass is 16.5. The van der Waals surface area contributed by atoms with E-state index in [-0.39, 0.29) is 13.0 Å². The van der Waals surface area contributed by atoms with Gasteiger partial charge in [-0.05, 0) is 12.5 Å². The average Bonchev–Trinajstić information content (AvgIpc) is 3.13. The smallest absolute Gasteiger partial charge is 0.408 e. The van der Waals surface area contributed by atoms with Gasteiger partial charge < -0.3 is 25.5 Å². The number of nitrogens with one attached hydrogen (secondary N) is 3. The molecule has 2 aromatic rings. The normalized spacial score (nSPS) is 12.7. The zero-order valence-corrected chi connectivity index (χ0v) is 14.1. The van der Waals surface area contributed by atoms with Crippen molar-refractivity contribution in [1.29, 1.82) is 0 Å². The number of hydrogen-bond acceptors (Lipinski definition) is 5. The van der Waals surface area contributed by atoms with Gasteiger partial charge in [-0.15, -0.1) is 0 Å². The summed E-state index contributed by atoms with van der Waals surface area (Å²) in [5.41, 5.74) is 1.41. The van der Waals surface area contributed by atoms with Gasteiger partial charge in [-0.2, -0.15) is 0 Å². The Bertz CT molecular complexity index is 733. The molecule has 0 radical (unpaired) electrons. The van der Waals surface area contributed by atoms with E-state index in [0.29, 0.717) is 5.69 Å². The fourth-order valence-electron chi connectivity index (χ4n) is 2.11. The molecule has 0 fully saturated rings. The van der Waals surface area contributed by atoms with Crippen molar-refractivity contribution >= 4 is 18.0 Å². The summed E-state index contributed by atoms with van der Waals surface area (Å²) in [6.07, 6.45) is 2.28. The molecule has 2 rings (SSSR count). The number of carboxylic acids is 1. The van der Waals surface area contributed by atoms with Crippen LogP contribution >= 0.6 is 0 Å². The van der Waals surface area contributed by atoms with Gasteiger partial charge in [0.25, 0.3) is 0 Å². The molecule has 0 bridgehead atoms. The fraction of sp³-hybridized carbons (Fsp3) is 0.294. The van der Waals surface area contributed by atoms with Gasteiger partial charge >= 0.3 is 12.1 Å². The molecule has 26 heavy (non-hydrogen) atoms. The van der Waals surface area contributed by atoms with Crippen LogP contribution in [0.15, 0.2) is 42.9 Å². The molecule has 0 aliphatic heterocycles. The number of amides is 2. The van der Waals surface area contributed by atoms with Crippen molar-refractivity contribution in [3.05, 3.63) is 54.1 Å². The number of rotatable bonds is 8. The maximum absolute atomic E-state index is 12.3. The minimum atomic E-state index is -1.18. The lowest BCUT2D eigenvalue weighted by atomic mass is 10.1. The fourth-order valence-corrected chi connectivity index (χ4v) is 2.11. The summed E-state index contributed by atoms with van der Waals surface area (Å²) in [6.45, 7) is 1.39. The number of aromatic amines is 1. The molecule has 138 valence electrons. The van der Waals surface area contributed by atoms with Gasteiger partial charge in [-0.25, -0.2) is 9.78 Å². The number of carbonyl (C=O) groups is 3. The number of carboxylic acid groups (broad SMARTS) is 1. The van der Waals surface area contributed by atoms with Crippen LogP contribution in [0.25, 0.3) is 0 Å². The molecule has 0 aliphatic carbocycles. The van der Waals surface area contributed by atoms with Crippen molar-refractivity contribution < 1.29 is 24.2 Å². The first-order valence-corrected chi connectivity index (χ1v) is 7.93. The number of hydrogen-bond donors (Lipinski definition) is 4. The summed E-state index contributed by atoms with van der Waals surface area (Å²) < 4.78 is 5.11. The first-order valence-electron chi connectivity index (χ1n) is 7.93. The van der Waals surface area contributed by atoms with E-state index in [0.717, 1.165) is 5.56 Å². The Kier molecular flexibility index (Phi) is 6.72. The van der Waals surface area contributed by atoms with E-state index >= 15 is 0 Å². The first kappa shape index (κ1) is 19.0. The molecule has 2 atom stereocenters. The maximum Gasteiger partial charge on any atom is 0.408 e. The van der Waals surface area contributed by atoms with Crippen LogP contribution in [0.3, 0.4) is 0 Å². The van der Waals surface area contributed by atoms with Crippen molar-refractivity contribution in [2.75, 3.05) is 0 Å². The van der Waals surface area contributed by atoms with Crippen molar-refractivity contribution in [1.82, 2.24) is 20.6 Å². The number of aromatic nitrogens is 2. The molecule has 0 saturated carbocycles. The topological polar surface area (TPSA) is 133 Å². The maximum atomic E-state index is 12.3. The third kappa shape index (κ3) is 5.93. The highest BCUT2D eigenvalue weighted by Crippen LogP contribution is 2.03. The van der Waals surface area contributed by atoms with E-state index in [1.165, 1.54) is 19.4 Å². The van der Waals surface area contributed by atoms with Crippen LogP contribution in [0.1, 0.15) is 18.2 Å². The van der Waals surface area contributed by atoms with Crippen molar-refractivity contribution in [3.8, 4) is 0 Å². The molecule has 1 aromatic heterocycles. The minimum absolute atomic E-state index is 0.0522. The van der Waals surface area contributed by atoms with E-state index < -0.39 is 30.1 Å². The number of ether oxygens (including phenoxy) is 1. The molecule has 0 aliphatic rings. The quantitative estimate of drug-likeness (QED) is 0.551. The van der Waals surface area contributed by atoms with Crippen molar-refractivity contribution in [2.24, 2.45) is 0 Å². The first-order chi connectivity index (χ1) is 12.5. The van der Waals surface area contributed by atoms with E-state index in [2.05, 4.69) is 20.6 Å². The summed E-state index contributed by atoms with van der Waals surface area (Å²) >= 11 is 0. The molecule has 0 saturated heterocycles. The predicted molar refractivity (Wildman–Crippen MR) is 91.1 cm³/mol. The van der Waals surface area contributed by atoms with Crippen LogP contribution < -0.4 is 10.6 Å². The average molecular weight is 360 g/mol. The highest BCUT2D eigenvalue weighted by Gasteiger charge is 2.25. The summed E-state index contributed by atoms with van der Waals surface area (Å²) in [4.78, 5) is 41.9. The zero-order chi connectivity index (χ0) is 18.9. The monoisotopic (exact) mass is 360 g/mol. The number of H-pyrrole nitrogens is 1. The molecule has 0 spiro atoms. The number of benzene rings is 1. The second-order valence-electron chi connectivity index (χ2n) is 5.61. The number of imidazole rings is 1. The van der Waals surface area contributed by atoms with Crippen LogP contribution in [0, 0.1) is 0 Å². The lowest BCUT2D eigenvalue weighted by molar-refractivity contribution is -0.141. The Balaban J connectivity index is 1.97. The van der Waals surface area contributed by atoms with Gasteiger partial charge in [-0.3, -0.25) is 9.59 Å². The molecule has 2 amide bonds. The molecule has 1 aromatic carbocycles. The van der Waals surface area contributed by atoms with Crippen LogP contribution in [0.2, 0.25) is 0 Å². The molecular weight excluding hydrogens is 340 g/mol. The lowest BCUT2D eigenvalue weighted by Gasteiger charge is -2.19. The lowest BCUT2D eigenvalue weighted by Crippen LogP contribution is -2.51. The van der Waals surface area contributed by atoms with Crippen LogP contribution in [-0.2, 0) is 27.4 Å². The minimum Gasteiger partial charge on any atom is -0.480 e. The van der Waals surface area contributed by atoms with Gasteiger partial charge in [-0.1, -0.05) is 30.3 Å². The van der Waals surface area contributed by atoms with E-state index in [9.17, 15) is 14.4 Å².